The molecule has 25 heavy (non-hydrogen) atoms. The minimum atomic E-state index is -0.310. The number of aromatic nitrogens is 2. The summed E-state index contributed by atoms with van der Waals surface area (Å²) in [5.74, 6) is 1.18. The maximum atomic E-state index is 9.46. The summed E-state index contributed by atoms with van der Waals surface area (Å²) in [7, 11) is 0. The molecule has 2 heterocycles. The second-order valence-electron chi connectivity index (χ2n) is 6.96. The first-order valence-corrected chi connectivity index (χ1v) is 8.61. The third-order valence-electron chi connectivity index (χ3n) is 4.67. The van der Waals surface area contributed by atoms with Crippen molar-refractivity contribution in [2.45, 2.75) is 39.7 Å². The van der Waals surface area contributed by atoms with Crippen LogP contribution in [-0.4, -0.2) is 51.4 Å². The molecule has 2 aromatic rings. The Hall–Kier alpha value is -2.25. The lowest BCUT2D eigenvalue weighted by Crippen LogP contribution is -2.55. The van der Waals surface area contributed by atoms with Gasteiger partial charge in [-0.15, -0.1) is 0 Å². The van der Waals surface area contributed by atoms with Crippen LogP contribution in [0.15, 0.2) is 23.2 Å². The first-order valence-electron chi connectivity index (χ1n) is 8.61. The van der Waals surface area contributed by atoms with Crippen LogP contribution in [0, 0.1) is 6.92 Å². The van der Waals surface area contributed by atoms with Crippen molar-refractivity contribution in [2.75, 3.05) is 25.3 Å². The van der Waals surface area contributed by atoms with E-state index in [1.807, 2.05) is 26.8 Å². The van der Waals surface area contributed by atoms with E-state index in [4.69, 9.17) is 0 Å². The SMILES string of the molecule is CCc1ccc2nc(NC3=NCN(C(C)(C)CO)CN3)nc(C)c2c1. The quantitative estimate of drug-likeness (QED) is 0.786. The van der Waals surface area contributed by atoms with Crippen molar-refractivity contribution in [1.82, 2.24) is 20.2 Å². The normalized spacial score (nSPS) is 15.8. The molecule has 7 nitrogen and oxygen atoms in total. The fraction of sp³-hybridized carbons (Fsp3) is 0.500. The molecule has 0 radical (unpaired) electrons. The van der Waals surface area contributed by atoms with Crippen molar-refractivity contribution >= 4 is 22.8 Å². The molecule has 1 aromatic carbocycles. The first kappa shape index (κ1) is 17.6. The predicted octanol–water partition coefficient (Wildman–Crippen LogP) is 1.86. The molecule has 1 aliphatic heterocycles. The zero-order chi connectivity index (χ0) is 18.0. The summed E-state index contributed by atoms with van der Waals surface area (Å²) in [5, 5.41) is 16.9. The molecule has 0 spiro atoms. The number of benzene rings is 1. The fourth-order valence-corrected chi connectivity index (χ4v) is 2.73. The van der Waals surface area contributed by atoms with E-state index in [0.29, 0.717) is 25.2 Å². The van der Waals surface area contributed by atoms with E-state index in [1.54, 1.807) is 0 Å². The fourth-order valence-electron chi connectivity index (χ4n) is 2.73. The lowest BCUT2D eigenvalue weighted by molar-refractivity contribution is 0.0532. The molecule has 134 valence electrons. The van der Waals surface area contributed by atoms with Crippen molar-refractivity contribution in [1.29, 1.82) is 0 Å². The molecule has 0 saturated heterocycles. The highest BCUT2D eigenvalue weighted by Gasteiger charge is 2.27. The van der Waals surface area contributed by atoms with E-state index in [2.05, 4.69) is 49.6 Å². The first-order chi connectivity index (χ1) is 11.9. The van der Waals surface area contributed by atoms with Crippen LogP contribution in [0.25, 0.3) is 10.9 Å². The lowest BCUT2D eigenvalue weighted by atomic mass is 10.1. The summed E-state index contributed by atoms with van der Waals surface area (Å²) in [6.45, 7) is 9.31. The third-order valence-corrected chi connectivity index (χ3v) is 4.67. The van der Waals surface area contributed by atoms with Gasteiger partial charge in [0.15, 0.2) is 0 Å². The number of aryl methyl sites for hydroxylation is 2. The minimum absolute atomic E-state index is 0.0830. The van der Waals surface area contributed by atoms with Gasteiger partial charge < -0.3 is 10.4 Å². The van der Waals surface area contributed by atoms with E-state index in [1.165, 1.54) is 5.56 Å². The smallest absolute Gasteiger partial charge is 0.230 e. The van der Waals surface area contributed by atoms with Crippen LogP contribution >= 0.6 is 0 Å². The summed E-state index contributed by atoms with van der Waals surface area (Å²) >= 11 is 0. The molecular weight excluding hydrogens is 316 g/mol. The number of aliphatic hydroxyl groups excluding tert-OH is 1. The Morgan fingerprint density at radius 1 is 1.32 bits per heavy atom. The van der Waals surface area contributed by atoms with Crippen LogP contribution < -0.4 is 10.6 Å². The molecule has 7 heteroatoms. The van der Waals surface area contributed by atoms with Crippen LogP contribution in [0.1, 0.15) is 32.0 Å². The van der Waals surface area contributed by atoms with Crippen LogP contribution in [0.3, 0.4) is 0 Å². The number of fused-ring (bicyclic) bond motifs is 1. The summed E-state index contributed by atoms with van der Waals surface area (Å²) in [4.78, 5) is 15.7. The van der Waals surface area contributed by atoms with Gasteiger partial charge in [0.2, 0.25) is 11.9 Å². The van der Waals surface area contributed by atoms with Crippen molar-refractivity contribution in [3.63, 3.8) is 0 Å². The molecule has 1 aromatic heterocycles. The number of rotatable bonds is 4. The molecule has 3 N–H and O–H groups in total. The van der Waals surface area contributed by atoms with Gasteiger partial charge in [0.25, 0.3) is 0 Å². The molecule has 0 unspecified atom stereocenters. The number of aliphatic hydroxyl groups is 1. The van der Waals surface area contributed by atoms with Gasteiger partial charge in [-0.3, -0.25) is 10.2 Å². The Morgan fingerprint density at radius 2 is 2.12 bits per heavy atom. The maximum Gasteiger partial charge on any atom is 0.230 e. The lowest BCUT2D eigenvalue weighted by Gasteiger charge is -2.38. The van der Waals surface area contributed by atoms with E-state index in [0.717, 1.165) is 23.0 Å². The van der Waals surface area contributed by atoms with E-state index >= 15 is 0 Å². The Morgan fingerprint density at radius 3 is 2.76 bits per heavy atom. The van der Waals surface area contributed by atoms with Crippen molar-refractivity contribution in [3.8, 4) is 0 Å². The Balaban J connectivity index is 1.78. The summed E-state index contributed by atoms with van der Waals surface area (Å²) in [6, 6.07) is 6.29. The molecule has 3 rings (SSSR count). The van der Waals surface area contributed by atoms with E-state index in [9.17, 15) is 5.11 Å². The second-order valence-corrected chi connectivity index (χ2v) is 6.96. The van der Waals surface area contributed by atoms with Gasteiger partial charge in [-0.05, 0) is 44.9 Å². The van der Waals surface area contributed by atoms with Crippen LogP contribution in [0.5, 0.6) is 0 Å². The Bertz CT molecular complexity index is 801. The summed E-state index contributed by atoms with van der Waals surface area (Å²) in [5.41, 5.74) is 2.84. The second kappa shape index (κ2) is 6.93. The number of guanidine groups is 1. The van der Waals surface area contributed by atoms with Gasteiger partial charge in [0.1, 0.15) is 0 Å². The van der Waals surface area contributed by atoms with Gasteiger partial charge in [-0.25, -0.2) is 15.0 Å². The number of aliphatic imine (C=N–C) groups is 1. The van der Waals surface area contributed by atoms with Crippen molar-refractivity contribution in [3.05, 3.63) is 29.5 Å². The zero-order valence-electron chi connectivity index (χ0n) is 15.3. The molecule has 0 fully saturated rings. The van der Waals surface area contributed by atoms with Gasteiger partial charge in [-0.2, -0.15) is 0 Å². The third kappa shape index (κ3) is 3.72. The van der Waals surface area contributed by atoms with Crippen LogP contribution in [0.4, 0.5) is 5.95 Å². The molecule has 1 aliphatic rings. The molecule has 0 atom stereocenters. The average Bonchev–Trinajstić information content (AvgIpc) is 2.62. The summed E-state index contributed by atoms with van der Waals surface area (Å²) < 4.78 is 0. The number of nitrogens with zero attached hydrogens (tertiary/aromatic N) is 4. The Kier molecular flexibility index (Phi) is 4.87. The molecule has 0 amide bonds. The van der Waals surface area contributed by atoms with Gasteiger partial charge in [-0.1, -0.05) is 13.0 Å². The van der Waals surface area contributed by atoms with Gasteiger partial charge in [0.05, 0.1) is 31.2 Å². The van der Waals surface area contributed by atoms with Crippen LogP contribution in [-0.2, 0) is 6.42 Å². The van der Waals surface area contributed by atoms with Crippen molar-refractivity contribution in [2.24, 2.45) is 4.99 Å². The standard InChI is InChI=1S/C18H26N6O/c1-5-13-6-7-15-14(8-13)12(2)21-17(22-15)23-16-19-10-24(11-20-16)18(3,4)9-25/h6-8,25H,5,9-11H2,1-4H3,(H2,19,20,21,22,23). The number of nitrogens with one attached hydrogen (secondary N) is 2. The highest BCUT2D eigenvalue weighted by atomic mass is 16.3. The molecular formula is C18H26N6O. The van der Waals surface area contributed by atoms with Gasteiger partial charge >= 0.3 is 0 Å². The molecule has 0 saturated carbocycles. The topological polar surface area (TPSA) is 85.7 Å². The molecule has 0 bridgehead atoms. The number of hydrogen-bond acceptors (Lipinski definition) is 7. The average molecular weight is 342 g/mol. The number of anilines is 1. The molecule has 0 aliphatic carbocycles. The largest absolute Gasteiger partial charge is 0.394 e. The number of hydrogen-bond donors (Lipinski definition) is 3. The predicted molar refractivity (Wildman–Crippen MR) is 101 cm³/mol. The summed E-state index contributed by atoms with van der Waals surface area (Å²) in [6.07, 6.45) is 0.997. The van der Waals surface area contributed by atoms with E-state index < -0.39 is 0 Å². The highest BCUT2D eigenvalue weighted by Crippen LogP contribution is 2.20. The minimum Gasteiger partial charge on any atom is -0.394 e. The monoisotopic (exact) mass is 342 g/mol. The maximum absolute atomic E-state index is 9.46. The van der Waals surface area contributed by atoms with E-state index in [-0.39, 0.29) is 12.1 Å². The highest BCUT2D eigenvalue weighted by molar-refractivity contribution is 5.93. The van der Waals surface area contributed by atoms with Crippen molar-refractivity contribution < 1.29 is 5.11 Å². The Labute approximate surface area is 148 Å². The zero-order valence-corrected chi connectivity index (χ0v) is 15.3. The van der Waals surface area contributed by atoms with Crippen LogP contribution in [0.2, 0.25) is 0 Å². The van der Waals surface area contributed by atoms with Gasteiger partial charge in [0, 0.05) is 10.9 Å².